The molecular weight excluding hydrogens is 388 g/mol. The molecule has 0 bridgehead atoms. The van der Waals surface area contributed by atoms with Crippen molar-refractivity contribution in [1.29, 1.82) is 0 Å². The average molecular weight is 407 g/mol. The number of fused-ring (bicyclic) bond motifs is 1. The van der Waals surface area contributed by atoms with Crippen molar-refractivity contribution >= 4 is 44.9 Å². The summed E-state index contributed by atoms with van der Waals surface area (Å²) in [6, 6.07) is 7.65. The lowest BCUT2D eigenvalue weighted by Crippen LogP contribution is -2.34. The summed E-state index contributed by atoms with van der Waals surface area (Å²) < 4.78 is 6.43. The van der Waals surface area contributed by atoms with Crippen molar-refractivity contribution in [3.8, 4) is 0 Å². The molecule has 0 spiro atoms. The van der Waals surface area contributed by atoms with Crippen molar-refractivity contribution in [2.45, 2.75) is 25.3 Å². The first-order valence-electron chi connectivity index (χ1n) is 8.20. The zero-order chi connectivity index (χ0) is 17.8. The van der Waals surface area contributed by atoms with E-state index in [9.17, 15) is 9.59 Å². The number of ether oxygens (including phenoxy) is 1. The van der Waals surface area contributed by atoms with Crippen LogP contribution >= 0.6 is 15.9 Å². The quantitative estimate of drug-likeness (QED) is 0.561. The molecule has 25 heavy (non-hydrogen) atoms. The van der Waals surface area contributed by atoms with Gasteiger partial charge < -0.3 is 14.7 Å². The monoisotopic (exact) mass is 406 g/mol. The third-order valence-electron chi connectivity index (χ3n) is 4.36. The molecule has 1 aromatic heterocycles. The number of halogens is 1. The lowest BCUT2D eigenvalue weighted by atomic mass is 10.1. The fraction of sp³-hybridized carbons (Fsp3) is 0.389. The maximum Gasteiger partial charge on any atom is 0.305 e. The maximum absolute atomic E-state index is 11.5. The van der Waals surface area contributed by atoms with E-state index in [1.165, 1.54) is 0 Å². The molecule has 6 nitrogen and oxygen atoms in total. The second-order valence-electron chi connectivity index (χ2n) is 6.06. The van der Waals surface area contributed by atoms with E-state index in [4.69, 9.17) is 14.8 Å². The van der Waals surface area contributed by atoms with Crippen LogP contribution in [0.25, 0.3) is 10.9 Å². The van der Waals surface area contributed by atoms with Gasteiger partial charge in [0.2, 0.25) is 0 Å². The Morgan fingerprint density at radius 1 is 1.44 bits per heavy atom. The van der Waals surface area contributed by atoms with E-state index in [1.54, 1.807) is 0 Å². The number of rotatable bonds is 7. The van der Waals surface area contributed by atoms with Crippen LogP contribution in [-0.2, 0) is 9.53 Å². The predicted octanol–water partition coefficient (Wildman–Crippen LogP) is 3.27. The second-order valence-corrected chi connectivity index (χ2v) is 6.97. The number of carbonyl (C=O) groups is 2. The summed E-state index contributed by atoms with van der Waals surface area (Å²) >= 11 is 3.44. The zero-order valence-electron chi connectivity index (χ0n) is 13.7. The molecule has 0 aliphatic carbocycles. The smallest absolute Gasteiger partial charge is 0.305 e. The largest absolute Gasteiger partial charge is 0.481 e. The van der Waals surface area contributed by atoms with E-state index in [0.717, 1.165) is 46.9 Å². The number of aliphatic carboxylic acids is 1. The zero-order valence-corrected chi connectivity index (χ0v) is 15.2. The first-order valence-corrected chi connectivity index (χ1v) is 8.99. The Morgan fingerprint density at radius 3 is 3.04 bits per heavy atom. The molecule has 1 aliphatic rings. The molecule has 0 amide bonds. The number of nitrogens with zero attached hydrogens (tertiary/aromatic N) is 2. The fourth-order valence-electron chi connectivity index (χ4n) is 3.15. The number of carboxylic acids is 1. The molecule has 1 fully saturated rings. The highest BCUT2D eigenvalue weighted by Gasteiger charge is 2.26. The number of hydrogen-bond donors (Lipinski definition) is 1. The Hall–Kier alpha value is -1.99. The van der Waals surface area contributed by atoms with Crippen LogP contribution in [0.3, 0.4) is 0 Å². The Bertz CT molecular complexity index is 796. The van der Waals surface area contributed by atoms with Gasteiger partial charge in [-0.15, -0.1) is 0 Å². The molecule has 1 saturated heterocycles. The van der Waals surface area contributed by atoms with Gasteiger partial charge >= 0.3 is 5.97 Å². The van der Waals surface area contributed by atoms with E-state index in [0.29, 0.717) is 12.2 Å². The van der Waals surface area contributed by atoms with Gasteiger partial charge in [0.25, 0.3) is 0 Å². The third-order valence-corrected chi connectivity index (χ3v) is 4.85. The van der Waals surface area contributed by atoms with E-state index in [1.807, 2.05) is 24.3 Å². The van der Waals surface area contributed by atoms with Gasteiger partial charge in [-0.25, -0.2) is 4.98 Å². The van der Waals surface area contributed by atoms with Gasteiger partial charge in [-0.3, -0.25) is 9.59 Å². The summed E-state index contributed by atoms with van der Waals surface area (Å²) in [5.41, 5.74) is 1.39. The lowest BCUT2D eigenvalue weighted by Gasteiger charge is -2.26. The minimum Gasteiger partial charge on any atom is -0.481 e. The van der Waals surface area contributed by atoms with Crippen LogP contribution in [0.4, 0.5) is 5.82 Å². The van der Waals surface area contributed by atoms with Gasteiger partial charge in [0, 0.05) is 22.0 Å². The Labute approximate surface area is 153 Å². The second kappa shape index (κ2) is 7.93. The lowest BCUT2D eigenvalue weighted by molar-refractivity contribution is -0.138. The van der Waals surface area contributed by atoms with Crippen LogP contribution in [-0.4, -0.2) is 48.1 Å². The van der Waals surface area contributed by atoms with Gasteiger partial charge in [-0.1, -0.05) is 22.0 Å². The number of carbonyl (C=O) groups excluding carboxylic acids is 1. The maximum atomic E-state index is 11.5. The highest BCUT2D eigenvalue weighted by molar-refractivity contribution is 9.10. The van der Waals surface area contributed by atoms with E-state index in [-0.39, 0.29) is 19.1 Å². The fourth-order valence-corrected chi connectivity index (χ4v) is 3.50. The summed E-state index contributed by atoms with van der Waals surface area (Å²) in [5.74, 6) is -0.0993. The molecule has 0 unspecified atom stereocenters. The van der Waals surface area contributed by atoms with Gasteiger partial charge in [0.1, 0.15) is 5.82 Å². The number of pyridine rings is 1. The molecule has 2 aromatic rings. The average Bonchev–Trinajstić information content (AvgIpc) is 3.05. The van der Waals surface area contributed by atoms with Gasteiger partial charge in [0.05, 0.1) is 31.2 Å². The molecular formula is C18H19BrN2O4. The molecule has 2 heterocycles. The minimum absolute atomic E-state index is 0.00423. The number of benzene rings is 1. The predicted molar refractivity (Wildman–Crippen MR) is 98.3 cm³/mol. The van der Waals surface area contributed by atoms with Crippen LogP contribution in [0, 0.1) is 0 Å². The van der Waals surface area contributed by atoms with Crippen molar-refractivity contribution < 1.29 is 19.4 Å². The van der Waals surface area contributed by atoms with Gasteiger partial charge in [0.15, 0.2) is 6.29 Å². The summed E-state index contributed by atoms with van der Waals surface area (Å²) in [6.45, 7) is 1.51. The number of hydrogen-bond acceptors (Lipinski definition) is 5. The highest BCUT2D eigenvalue weighted by atomic mass is 79.9. The molecule has 1 atom stereocenters. The molecule has 0 radical (unpaired) electrons. The minimum atomic E-state index is -0.860. The van der Waals surface area contributed by atoms with Crippen LogP contribution in [0.15, 0.2) is 28.7 Å². The molecule has 0 saturated carbocycles. The number of carboxylic acid groups (broad SMARTS) is 1. The van der Waals surface area contributed by atoms with Crippen LogP contribution in [0.1, 0.15) is 29.6 Å². The number of aldehydes is 1. The number of aromatic nitrogens is 1. The molecule has 1 aromatic carbocycles. The summed E-state index contributed by atoms with van der Waals surface area (Å²) in [4.78, 5) is 28.9. The van der Waals surface area contributed by atoms with Gasteiger partial charge in [-0.2, -0.15) is 0 Å². The van der Waals surface area contributed by atoms with E-state index in [2.05, 4.69) is 20.8 Å². The highest BCUT2D eigenvalue weighted by Crippen LogP contribution is 2.29. The van der Waals surface area contributed by atoms with E-state index >= 15 is 0 Å². The first-order chi connectivity index (χ1) is 12.1. The normalized spacial score (nSPS) is 17.2. The molecule has 1 N–H and O–H groups in total. The van der Waals surface area contributed by atoms with Crippen molar-refractivity contribution in [3.63, 3.8) is 0 Å². The van der Waals surface area contributed by atoms with Crippen molar-refractivity contribution in [1.82, 2.24) is 4.98 Å². The van der Waals surface area contributed by atoms with Crippen LogP contribution in [0.5, 0.6) is 0 Å². The topological polar surface area (TPSA) is 79.7 Å². The van der Waals surface area contributed by atoms with E-state index < -0.39 is 5.97 Å². The van der Waals surface area contributed by atoms with Crippen molar-refractivity contribution in [2.75, 3.05) is 24.7 Å². The van der Waals surface area contributed by atoms with Crippen molar-refractivity contribution in [2.24, 2.45) is 0 Å². The number of anilines is 1. The van der Waals surface area contributed by atoms with Crippen molar-refractivity contribution in [3.05, 3.63) is 34.3 Å². The molecule has 7 heteroatoms. The summed E-state index contributed by atoms with van der Waals surface area (Å²) in [5, 5.41) is 9.51. The molecule has 3 rings (SSSR count). The van der Waals surface area contributed by atoms with Crippen LogP contribution in [0.2, 0.25) is 0 Å². The molecule has 1 aliphatic heterocycles. The summed E-state index contributed by atoms with van der Waals surface area (Å²) in [7, 11) is 0. The Morgan fingerprint density at radius 2 is 2.28 bits per heavy atom. The SMILES string of the molecule is O=Cc1cc(N2CCC[C@H]2COCCC(=O)O)nc2cc(Br)ccc12. The standard InChI is InChI=1S/C18H19BrN2O4/c19-13-3-4-15-12(10-22)8-17(20-16(15)9-13)21-6-1-2-14(21)11-25-7-5-18(23)24/h3-4,8-10,14H,1-2,5-7,11H2,(H,23,24)/t14-/m0/s1. The first kappa shape index (κ1) is 17.8. The summed E-state index contributed by atoms with van der Waals surface area (Å²) in [6.07, 6.45) is 2.84. The van der Waals surface area contributed by atoms with Crippen LogP contribution < -0.4 is 4.90 Å². The molecule has 132 valence electrons. The third kappa shape index (κ3) is 4.16. The Kier molecular flexibility index (Phi) is 5.65. The Balaban J connectivity index is 1.81. The van der Waals surface area contributed by atoms with Gasteiger partial charge in [-0.05, 0) is 31.0 Å².